The summed E-state index contributed by atoms with van der Waals surface area (Å²) >= 11 is 0. The zero-order valence-electron chi connectivity index (χ0n) is 10.3. The minimum absolute atomic E-state index is 0. The maximum atomic E-state index is 9.75. The van der Waals surface area contributed by atoms with E-state index in [1.807, 2.05) is 20.8 Å². The Kier molecular flexibility index (Phi) is 14.0. The Morgan fingerprint density at radius 2 is 0.500 bits per heavy atom. The molecule has 0 aromatic heterocycles. The molecule has 0 aromatic carbocycles. The third-order valence-electron chi connectivity index (χ3n) is 0. The lowest BCUT2D eigenvalue weighted by molar-refractivity contribution is 0.366. The van der Waals surface area contributed by atoms with Gasteiger partial charge < -0.3 is 57.5 Å². The Bertz CT molecular complexity index is 141. The van der Waals surface area contributed by atoms with Gasteiger partial charge in [-0.1, -0.05) is 0 Å². The third-order valence-corrected chi connectivity index (χ3v) is 0. The van der Waals surface area contributed by atoms with Gasteiger partial charge in [-0.25, -0.2) is 0 Å². The van der Waals surface area contributed by atoms with Gasteiger partial charge in [0, 0.05) is 5.54 Å². The molecule has 2 N–H and O–H groups in total. The Morgan fingerprint density at radius 1 is 0.500 bits per heavy atom. The fourth-order valence-corrected chi connectivity index (χ4v) is 0. The maximum absolute atomic E-state index is 9.75. The molecule has 0 saturated heterocycles. The molecule has 0 heterocycles. The van der Waals surface area contributed by atoms with Gasteiger partial charge in [0.2, 0.25) is 0 Å². The third kappa shape index (κ3) is 9820. The van der Waals surface area contributed by atoms with Gasteiger partial charge >= 0.3 is 21.8 Å². The summed E-state index contributed by atoms with van der Waals surface area (Å²) in [6.45, 7) is 5.90. The van der Waals surface area contributed by atoms with Crippen LogP contribution in [0.3, 0.4) is 0 Å². The summed E-state index contributed by atoms with van der Waals surface area (Å²) in [4.78, 5) is 0. The second kappa shape index (κ2) is 10.1. The van der Waals surface area contributed by atoms with Gasteiger partial charge in [0.25, 0.3) is 0 Å². The molecule has 1 nitrogen and oxygen atoms in total. The smallest absolute Gasteiger partial charge is 0.418 e. The Morgan fingerprint density at radius 3 is 0.500 bits per heavy atom. The molecule has 128 valence electrons. The van der Waals surface area contributed by atoms with Crippen LogP contribution in [-0.4, -0.2) is 27.3 Å². The highest BCUT2D eigenvalue weighted by Crippen LogP contribution is 2.07. The lowest BCUT2D eigenvalue weighted by Gasteiger charge is -2.06. The van der Waals surface area contributed by atoms with Crippen LogP contribution in [0, 0.1) is 0 Å². The van der Waals surface area contributed by atoms with Crippen molar-refractivity contribution in [2.24, 2.45) is 5.73 Å². The summed E-state index contributed by atoms with van der Waals surface area (Å²) in [5, 5.41) is 0. The van der Waals surface area contributed by atoms with Crippen LogP contribution in [0.5, 0.6) is 0 Å². The first-order chi connectivity index (χ1) is 8.00. The molecule has 0 atom stereocenters. The lowest BCUT2D eigenvalue weighted by atomic mass is 10.1. The van der Waals surface area contributed by atoms with Crippen molar-refractivity contribution in [2.45, 2.75) is 26.3 Å². The molecule has 0 amide bonds. The summed E-state index contributed by atoms with van der Waals surface area (Å²) in [5.74, 6) is 0. The van der Waals surface area contributed by atoms with Crippen LogP contribution >= 0.6 is 0 Å². The molecule has 0 spiro atoms. The molecular weight excluding hydrogens is 322 g/mol. The van der Waals surface area contributed by atoms with Crippen molar-refractivity contribution in [3.05, 3.63) is 0 Å². The molecule has 0 bridgehead atoms. The van der Waals surface area contributed by atoms with Gasteiger partial charge in [0.15, 0.2) is 0 Å². The average molecular weight is 334 g/mol. The van der Waals surface area contributed by atoms with E-state index in [9.17, 15) is 51.8 Å². The molecule has 0 aliphatic carbocycles. The van der Waals surface area contributed by atoms with E-state index < -0.39 is 21.8 Å². The molecule has 0 fully saturated rings. The summed E-state index contributed by atoms with van der Waals surface area (Å²) in [6, 6.07) is 0. The topological polar surface area (TPSA) is 26.0 Å². The Balaban J connectivity index is -0.0000000853. The number of nitrogens with two attached hydrogens (primary N) is 1. The first-order valence-electron chi connectivity index (χ1n) is 4.41. The SMILES string of the molecule is CC(C)(C)N.F[B-](F)(F)F.F[B-](F)(F)F.F[B-](F)(F)F. The zero-order chi connectivity index (χ0) is 18.0. The normalized spacial score (nSPS) is 12.0. The zero-order valence-corrected chi connectivity index (χ0v) is 10.3. The van der Waals surface area contributed by atoms with Crippen molar-refractivity contribution in [1.29, 1.82) is 0 Å². The molecule has 0 rings (SSSR count). The van der Waals surface area contributed by atoms with E-state index in [4.69, 9.17) is 5.73 Å². The fraction of sp³-hybridized carbons (Fsp3) is 1.00. The van der Waals surface area contributed by atoms with Gasteiger partial charge in [-0.3, -0.25) is 0 Å². The largest absolute Gasteiger partial charge is 0.673 e. The van der Waals surface area contributed by atoms with E-state index in [0.29, 0.717) is 0 Å². The second-order valence-electron chi connectivity index (χ2n) is 3.85. The second-order valence-corrected chi connectivity index (χ2v) is 3.85. The number of rotatable bonds is 0. The number of hydrogen-bond donors (Lipinski definition) is 1. The van der Waals surface area contributed by atoms with Crippen molar-refractivity contribution in [3.8, 4) is 0 Å². The molecule has 0 saturated carbocycles. The summed E-state index contributed by atoms with van der Waals surface area (Å²) in [5.41, 5.74) is 5.35. The number of halogens is 12. The van der Waals surface area contributed by atoms with Gasteiger partial charge in [-0.15, -0.1) is 0 Å². The molecule has 0 aromatic rings. The predicted molar refractivity (Wildman–Crippen MR) is 54.5 cm³/mol. The van der Waals surface area contributed by atoms with E-state index in [1.54, 1.807) is 0 Å². The van der Waals surface area contributed by atoms with Gasteiger partial charge in [-0.2, -0.15) is 0 Å². The first-order valence-corrected chi connectivity index (χ1v) is 4.41. The average Bonchev–Trinajstić information content (AvgIpc) is 1.62. The summed E-state index contributed by atoms with van der Waals surface area (Å²) in [6.07, 6.45) is 0. The standard InChI is InChI=1S/C4H11N.3BF4/c1-4(2,3)5;3*2-1(3,4)5/h5H2,1-3H3;;;/q;3*-1. The fourth-order valence-electron chi connectivity index (χ4n) is 0. The van der Waals surface area contributed by atoms with Crippen LogP contribution in [0.2, 0.25) is 0 Å². The van der Waals surface area contributed by atoms with Crippen molar-refractivity contribution < 1.29 is 51.8 Å². The highest BCUT2D eigenvalue weighted by atomic mass is 19.5. The molecule has 0 aliphatic rings. The van der Waals surface area contributed by atoms with E-state index >= 15 is 0 Å². The van der Waals surface area contributed by atoms with E-state index in [0.717, 1.165) is 0 Å². The van der Waals surface area contributed by atoms with E-state index in [-0.39, 0.29) is 5.54 Å². The van der Waals surface area contributed by atoms with Crippen molar-refractivity contribution in [3.63, 3.8) is 0 Å². The van der Waals surface area contributed by atoms with Crippen molar-refractivity contribution in [2.75, 3.05) is 0 Å². The monoisotopic (exact) mass is 334 g/mol. The van der Waals surface area contributed by atoms with Gasteiger partial charge in [0.1, 0.15) is 0 Å². The predicted octanol–water partition coefficient (Wildman–Crippen LogP) is 4.64. The minimum atomic E-state index is -6.00. The first kappa shape index (κ1) is 27.6. The van der Waals surface area contributed by atoms with Gasteiger partial charge in [0.05, 0.1) is 0 Å². The van der Waals surface area contributed by atoms with Crippen LogP contribution in [0.25, 0.3) is 0 Å². The Labute approximate surface area is 107 Å². The number of hydrogen-bond acceptors (Lipinski definition) is 1. The highest BCUT2D eigenvalue weighted by Gasteiger charge is 2.21. The maximum Gasteiger partial charge on any atom is 0.673 e. The van der Waals surface area contributed by atoms with Crippen LogP contribution in [0.15, 0.2) is 0 Å². The molecule has 0 radical (unpaired) electrons. The molecule has 20 heavy (non-hydrogen) atoms. The Hall–Kier alpha value is -0.685. The molecule has 0 unspecified atom stereocenters. The van der Waals surface area contributed by atoms with E-state index in [1.165, 1.54) is 0 Å². The van der Waals surface area contributed by atoms with Crippen molar-refractivity contribution in [1.82, 2.24) is 0 Å². The minimum Gasteiger partial charge on any atom is -0.418 e. The molecule has 0 aliphatic heterocycles. The van der Waals surface area contributed by atoms with Crippen molar-refractivity contribution >= 4 is 21.8 Å². The van der Waals surface area contributed by atoms with Crippen LogP contribution < -0.4 is 5.73 Å². The quantitative estimate of drug-likeness (QED) is 0.507. The van der Waals surface area contributed by atoms with Crippen LogP contribution in [-0.2, 0) is 0 Å². The molecular formula is C4H11B3F12N-3. The summed E-state index contributed by atoms with van der Waals surface area (Å²) < 4.78 is 117. The van der Waals surface area contributed by atoms with E-state index in [2.05, 4.69) is 0 Å². The van der Waals surface area contributed by atoms with Crippen LogP contribution in [0.1, 0.15) is 20.8 Å². The molecule has 16 heteroatoms. The van der Waals surface area contributed by atoms with Gasteiger partial charge in [-0.05, 0) is 20.8 Å². The highest BCUT2D eigenvalue weighted by molar-refractivity contribution is 6.50. The lowest BCUT2D eigenvalue weighted by Crippen LogP contribution is -2.26. The summed E-state index contributed by atoms with van der Waals surface area (Å²) in [7, 11) is -18.0. The van der Waals surface area contributed by atoms with Crippen LogP contribution in [0.4, 0.5) is 51.8 Å².